The number of hydrogen-bond acceptors (Lipinski definition) is 7. The molecule has 1 saturated heterocycles. The number of aliphatic hydroxyl groups is 1. The van der Waals surface area contributed by atoms with Crippen molar-refractivity contribution in [2.75, 3.05) is 13.1 Å². The fraction of sp³-hybridized carbons (Fsp3) is 0.500. The van der Waals surface area contributed by atoms with E-state index in [4.69, 9.17) is 14.0 Å². The lowest BCUT2D eigenvalue weighted by Gasteiger charge is -2.47. The van der Waals surface area contributed by atoms with E-state index >= 15 is 0 Å². The summed E-state index contributed by atoms with van der Waals surface area (Å²) >= 11 is 0. The van der Waals surface area contributed by atoms with Gasteiger partial charge in [0.1, 0.15) is 11.7 Å². The predicted molar refractivity (Wildman–Crippen MR) is 188 cm³/mol. The molecule has 6 atom stereocenters. The Morgan fingerprint density at radius 2 is 1.73 bits per heavy atom. The Hall–Kier alpha value is -4.35. The molecule has 0 bridgehead atoms. The first-order chi connectivity index (χ1) is 25.9. The van der Waals surface area contributed by atoms with Crippen molar-refractivity contribution < 1.29 is 32.5 Å². The Kier molecular flexibility index (Phi) is 9.25. The molecule has 1 aliphatic carbocycles. The maximum Gasteiger partial charge on any atom is 0.270 e. The highest BCUT2D eigenvalue weighted by molar-refractivity contribution is 5.99. The average Bonchev–Trinajstić information content (AvgIpc) is 3.12. The summed E-state index contributed by atoms with van der Waals surface area (Å²) in [4.78, 5) is 59.4. The molecule has 3 aromatic rings. The highest BCUT2D eigenvalue weighted by Gasteiger charge is 2.42. The topological polar surface area (TPSA) is 167 Å². The van der Waals surface area contributed by atoms with Crippen LogP contribution in [-0.2, 0) is 20.8 Å². The number of benzene rings is 2. The molecule has 262 valence electrons. The summed E-state index contributed by atoms with van der Waals surface area (Å²) in [5.41, 5.74) is 4.69. The normalized spacial score (nSPS) is 23.2. The highest BCUT2D eigenvalue weighted by Crippen LogP contribution is 2.39. The van der Waals surface area contributed by atoms with Crippen molar-refractivity contribution >= 4 is 34.5 Å². The smallest absolute Gasteiger partial charge is 0.270 e. The van der Waals surface area contributed by atoms with Gasteiger partial charge in [-0.1, -0.05) is 73.8 Å². The highest BCUT2D eigenvalue weighted by atomic mass is 16.3. The van der Waals surface area contributed by atoms with Crippen LogP contribution in [0.4, 0.5) is 0 Å². The largest absolute Gasteiger partial charge is 0.390 e. The SMILES string of the molecule is [2H]c1c([2H])c([2H])c2c([2H])c([2H])c(C(=O)N[C@@H](CC(N)=O)C(=O)N[C@@H](Cc3ccccc3)[C@H](O)CN3C[C@H]4CCCC[C@H]4C[C@H]3C(=O)NC(C)(C)C)nc2c1[2H]. The first-order valence-corrected chi connectivity index (χ1v) is 16.9. The summed E-state index contributed by atoms with van der Waals surface area (Å²) in [5, 5.41) is 19.8. The van der Waals surface area contributed by atoms with Crippen LogP contribution >= 0.6 is 0 Å². The molecule has 4 amide bonds. The van der Waals surface area contributed by atoms with Gasteiger partial charge < -0.3 is 26.8 Å². The second-order valence-electron chi connectivity index (χ2n) is 14.3. The molecule has 0 unspecified atom stereocenters. The Balaban J connectivity index is 1.42. The summed E-state index contributed by atoms with van der Waals surface area (Å²) in [5.74, 6) is -2.34. The number of aliphatic hydroxyl groups excluding tert-OH is 1. The minimum absolute atomic E-state index is 0.0526. The number of aromatic nitrogens is 1. The van der Waals surface area contributed by atoms with Crippen LogP contribution in [0.5, 0.6) is 0 Å². The van der Waals surface area contributed by atoms with E-state index in [1.54, 1.807) is 0 Å². The molecular weight excluding hydrogens is 620 g/mol. The summed E-state index contributed by atoms with van der Waals surface area (Å²) in [7, 11) is 0. The number of para-hydroxylation sites is 1. The molecule has 0 radical (unpaired) electrons. The van der Waals surface area contributed by atoms with Crippen molar-refractivity contribution in [2.24, 2.45) is 17.6 Å². The van der Waals surface area contributed by atoms with Crippen molar-refractivity contribution in [3.8, 4) is 0 Å². The first-order valence-electron chi connectivity index (χ1n) is 19.9. The molecule has 1 aliphatic heterocycles. The van der Waals surface area contributed by atoms with E-state index in [1.165, 1.54) is 0 Å². The molecule has 2 aliphatic rings. The molecule has 11 nitrogen and oxygen atoms in total. The Bertz CT molecular complexity index is 1950. The molecule has 2 aromatic carbocycles. The number of hydrogen-bond donors (Lipinski definition) is 5. The molecule has 1 aromatic heterocycles. The maximum absolute atomic E-state index is 14.0. The number of carbonyl (C=O) groups excluding carboxylic acids is 4. The van der Waals surface area contributed by atoms with E-state index in [9.17, 15) is 24.3 Å². The number of pyridine rings is 1. The van der Waals surface area contributed by atoms with Gasteiger partial charge >= 0.3 is 0 Å². The quantitative estimate of drug-likeness (QED) is 0.197. The Morgan fingerprint density at radius 1 is 1.02 bits per heavy atom. The molecule has 11 heteroatoms. The first kappa shape index (κ1) is 28.5. The fourth-order valence-corrected chi connectivity index (χ4v) is 6.92. The summed E-state index contributed by atoms with van der Waals surface area (Å²) in [6.07, 6.45) is 3.22. The van der Waals surface area contributed by atoms with Crippen LogP contribution in [0, 0.1) is 11.8 Å². The molecule has 5 rings (SSSR count). The van der Waals surface area contributed by atoms with E-state index in [1.807, 2.05) is 56.0 Å². The van der Waals surface area contributed by atoms with Crippen LogP contribution in [-0.4, -0.2) is 81.5 Å². The Labute approximate surface area is 296 Å². The Morgan fingerprint density at radius 3 is 2.45 bits per heavy atom. The van der Waals surface area contributed by atoms with Crippen LogP contribution in [0.15, 0.2) is 66.6 Å². The van der Waals surface area contributed by atoms with Gasteiger partial charge in [0, 0.05) is 24.0 Å². The lowest BCUT2D eigenvalue weighted by atomic mass is 9.72. The number of nitrogens with one attached hydrogen (secondary N) is 3. The standard InChI is InChI=1S/C38H50N6O5/c1-38(2,3)43-37(49)32-20-26-14-7-8-15-27(26)22-44(32)23-33(45)30(19-24-11-5-4-6-12-24)41-36(48)31(21-34(39)46)42-35(47)29-18-17-25-13-9-10-16-28(25)40-29/h4-6,9-13,16-18,26-27,30-33,45H,7-8,14-15,19-23H2,1-3H3,(H2,39,46)(H,41,48)(H,42,47)(H,43,49)/t26-,27+,30-,31-,32-,33+/m0/s1/i9D,10D,13D,16D,17D,18D. The van der Waals surface area contributed by atoms with Gasteiger partial charge in [0.05, 0.1) is 38.3 Å². The van der Waals surface area contributed by atoms with Gasteiger partial charge in [0.2, 0.25) is 17.7 Å². The van der Waals surface area contributed by atoms with Gasteiger partial charge in [-0.3, -0.25) is 24.1 Å². The van der Waals surface area contributed by atoms with Gasteiger partial charge in [-0.2, -0.15) is 0 Å². The molecule has 0 spiro atoms. The molecular formula is C38H50N6O5. The third kappa shape index (κ3) is 9.86. The number of β-amino-alcohol motifs (C(OH)–C–C–N with tert-alkyl or cyclic N) is 1. The summed E-state index contributed by atoms with van der Waals surface area (Å²) in [6.45, 7) is 6.40. The van der Waals surface area contributed by atoms with Crippen LogP contribution in [0.1, 0.15) is 83.6 Å². The minimum atomic E-state index is -1.62. The minimum Gasteiger partial charge on any atom is -0.390 e. The van der Waals surface area contributed by atoms with E-state index < -0.39 is 101 Å². The van der Waals surface area contributed by atoms with Gasteiger partial charge in [-0.15, -0.1) is 0 Å². The zero-order chi connectivity index (χ0) is 40.4. The number of nitrogens with two attached hydrogens (primary N) is 1. The zero-order valence-corrected chi connectivity index (χ0v) is 28.3. The molecule has 2 fully saturated rings. The number of likely N-dealkylation sites (tertiary alicyclic amines) is 1. The number of primary amides is 1. The number of carbonyl (C=O) groups is 4. The van der Waals surface area contributed by atoms with Crippen molar-refractivity contribution in [1.82, 2.24) is 25.8 Å². The van der Waals surface area contributed by atoms with Crippen LogP contribution in [0.2, 0.25) is 0 Å². The third-order valence-electron chi connectivity index (χ3n) is 9.25. The molecule has 1 saturated carbocycles. The second-order valence-corrected chi connectivity index (χ2v) is 14.3. The zero-order valence-electron chi connectivity index (χ0n) is 34.3. The van der Waals surface area contributed by atoms with Crippen molar-refractivity contribution in [3.63, 3.8) is 0 Å². The summed E-state index contributed by atoms with van der Waals surface area (Å²) in [6, 6.07) is 2.14. The number of amides is 4. The van der Waals surface area contributed by atoms with Crippen LogP contribution in [0.3, 0.4) is 0 Å². The van der Waals surface area contributed by atoms with Gasteiger partial charge in [0.15, 0.2) is 0 Å². The fourth-order valence-electron chi connectivity index (χ4n) is 6.92. The lowest BCUT2D eigenvalue weighted by Crippen LogP contribution is -2.61. The average molecular weight is 677 g/mol. The van der Waals surface area contributed by atoms with Gasteiger partial charge in [-0.25, -0.2) is 4.98 Å². The molecule has 2 heterocycles. The van der Waals surface area contributed by atoms with Crippen LogP contribution in [0.25, 0.3) is 10.9 Å². The number of piperidine rings is 1. The monoisotopic (exact) mass is 676 g/mol. The number of nitrogens with zero attached hydrogens (tertiary/aromatic N) is 2. The van der Waals surface area contributed by atoms with Gasteiger partial charge in [0.25, 0.3) is 5.91 Å². The van der Waals surface area contributed by atoms with E-state index in [0.29, 0.717) is 24.8 Å². The third-order valence-corrected chi connectivity index (χ3v) is 9.25. The van der Waals surface area contributed by atoms with Crippen LogP contribution < -0.4 is 21.7 Å². The maximum atomic E-state index is 14.0. The van der Waals surface area contributed by atoms with Crippen molar-refractivity contribution in [1.29, 1.82) is 0 Å². The van der Waals surface area contributed by atoms with E-state index in [0.717, 1.165) is 31.2 Å². The van der Waals surface area contributed by atoms with E-state index in [-0.39, 0.29) is 24.3 Å². The van der Waals surface area contributed by atoms with E-state index in [2.05, 4.69) is 20.9 Å². The van der Waals surface area contributed by atoms with Crippen molar-refractivity contribution in [3.05, 3.63) is 77.8 Å². The van der Waals surface area contributed by atoms with Crippen molar-refractivity contribution in [2.45, 2.75) is 95.5 Å². The number of rotatable bonds is 12. The predicted octanol–water partition coefficient (Wildman–Crippen LogP) is 3.09. The number of fused-ring (bicyclic) bond motifs is 2. The molecule has 49 heavy (non-hydrogen) atoms. The lowest BCUT2D eigenvalue weighted by molar-refractivity contribution is -0.133. The summed E-state index contributed by atoms with van der Waals surface area (Å²) < 4.78 is 49.2. The second kappa shape index (κ2) is 15.9. The van der Waals surface area contributed by atoms with Gasteiger partial charge in [-0.05, 0) is 69.5 Å². The molecule has 6 N–H and O–H groups in total.